The molecule has 0 saturated heterocycles. The van der Waals surface area contributed by atoms with Crippen LogP contribution in [-0.4, -0.2) is 25.6 Å². The van der Waals surface area contributed by atoms with E-state index in [4.69, 9.17) is 0 Å². The van der Waals surface area contributed by atoms with Crippen LogP contribution in [0.3, 0.4) is 0 Å². The summed E-state index contributed by atoms with van der Waals surface area (Å²) < 4.78 is 25.8. The van der Waals surface area contributed by atoms with Crippen LogP contribution in [0.25, 0.3) is 22.8 Å². The van der Waals surface area contributed by atoms with Gasteiger partial charge in [0.1, 0.15) is 0 Å². The Hall–Kier alpha value is -2.64. The highest BCUT2D eigenvalue weighted by molar-refractivity contribution is 9.10. The standard InChI is InChI=1S/C21H17BrN2O3S/c1-12-20(28(2,26)27)19(13-6-4-3-5-7-13)18(23-12)11-16-15-10-14(22)8-9-17(15)24-21(16)25/h3-11,23H,1-2H3,(H,24,25)/b16-11-. The Bertz CT molecular complexity index is 1240. The first-order valence-corrected chi connectivity index (χ1v) is 11.2. The van der Waals surface area contributed by atoms with Gasteiger partial charge in [0.25, 0.3) is 5.91 Å². The zero-order valence-electron chi connectivity index (χ0n) is 15.2. The molecule has 0 bridgehead atoms. The third-order valence-electron chi connectivity index (χ3n) is 4.65. The molecule has 3 aromatic rings. The molecule has 142 valence electrons. The van der Waals surface area contributed by atoms with E-state index in [1.165, 1.54) is 6.26 Å². The van der Waals surface area contributed by atoms with Crippen molar-refractivity contribution in [2.45, 2.75) is 11.8 Å². The second kappa shape index (κ2) is 6.76. The van der Waals surface area contributed by atoms with Gasteiger partial charge in [-0.2, -0.15) is 0 Å². The highest BCUT2D eigenvalue weighted by Gasteiger charge is 2.27. The number of carbonyl (C=O) groups excluding carboxylic acids is 1. The quantitative estimate of drug-likeness (QED) is 0.562. The third kappa shape index (κ3) is 3.21. The molecule has 2 heterocycles. The van der Waals surface area contributed by atoms with E-state index in [1.807, 2.05) is 48.5 Å². The number of hydrogen-bond acceptors (Lipinski definition) is 3. The lowest BCUT2D eigenvalue weighted by atomic mass is 10.0. The molecule has 28 heavy (non-hydrogen) atoms. The number of fused-ring (bicyclic) bond motifs is 1. The molecule has 1 aliphatic rings. The molecule has 2 N–H and O–H groups in total. The molecule has 0 fully saturated rings. The van der Waals surface area contributed by atoms with E-state index in [-0.39, 0.29) is 10.8 Å². The molecule has 0 atom stereocenters. The minimum absolute atomic E-state index is 0.222. The maximum atomic E-state index is 12.6. The lowest BCUT2D eigenvalue weighted by Gasteiger charge is -2.06. The average Bonchev–Trinajstić information content (AvgIpc) is 3.13. The topological polar surface area (TPSA) is 79.0 Å². The molecule has 5 nitrogen and oxygen atoms in total. The number of carbonyl (C=O) groups is 1. The second-order valence-electron chi connectivity index (χ2n) is 6.71. The fraction of sp³-hybridized carbons (Fsp3) is 0.0952. The summed E-state index contributed by atoms with van der Waals surface area (Å²) in [6.07, 6.45) is 2.92. The Balaban J connectivity index is 1.99. The summed E-state index contributed by atoms with van der Waals surface area (Å²) in [5, 5.41) is 2.85. The van der Waals surface area contributed by atoms with Gasteiger partial charge in [-0.1, -0.05) is 46.3 Å². The molecule has 0 aliphatic carbocycles. The molecular weight excluding hydrogens is 440 g/mol. The summed E-state index contributed by atoms with van der Waals surface area (Å²) in [6.45, 7) is 1.73. The predicted molar refractivity (Wildman–Crippen MR) is 115 cm³/mol. The summed E-state index contributed by atoms with van der Waals surface area (Å²) in [6, 6.07) is 14.9. The number of anilines is 1. The van der Waals surface area contributed by atoms with Crippen LogP contribution in [0.4, 0.5) is 5.69 Å². The number of aryl methyl sites for hydroxylation is 1. The fourth-order valence-corrected chi connectivity index (χ4v) is 5.11. The minimum atomic E-state index is -3.47. The maximum absolute atomic E-state index is 12.6. The zero-order valence-corrected chi connectivity index (χ0v) is 17.6. The van der Waals surface area contributed by atoms with Crippen LogP contribution < -0.4 is 5.32 Å². The summed E-state index contributed by atoms with van der Waals surface area (Å²) >= 11 is 3.44. The number of aromatic amines is 1. The van der Waals surface area contributed by atoms with Crippen molar-refractivity contribution in [3.05, 3.63) is 70.0 Å². The molecule has 1 aromatic heterocycles. The van der Waals surface area contributed by atoms with Crippen molar-refractivity contribution in [3.8, 4) is 11.1 Å². The molecule has 7 heteroatoms. The number of sulfone groups is 1. The van der Waals surface area contributed by atoms with Crippen LogP contribution in [0, 0.1) is 6.92 Å². The summed E-state index contributed by atoms with van der Waals surface area (Å²) in [7, 11) is -3.47. The van der Waals surface area contributed by atoms with Crippen molar-refractivity contribution < 1.29 is 13.2 Å². The van der Waals surface area contributed by atoms with Crippen molar-refractivity contribution >= 4 is 49.0 Å². The van der Waals surface area contributed by atoms with E-state index in [2.05, 4.69) is 26.2 Å². The highest BCUT2D eigenvalue weighted by atomic mass is 79.9. The molecule has 1 amide bonds. The zero-order chi connectivity index (χ0) is 20.1. The Morgan fingerprint density at radius 3 is 2.46 bits per heavy atom. The van der Waals surface area contributed by atoms with Gasteiger partial charge in [0.05, 0.1) is 10.5 Å². The number of amides is 1. The van der Waals surface area contributed by atoms with Crippen molar-refractivity contribution in [1.29, 1.82) is 0 Å². The van der Waals surface area contributed by atoms with Gasteiger partial charge in [-0.25, -0.2) is 8.42 Å². The third-order valence-corrected chi connectivity index (χ3v) is 6.39. The number of aromatic nitrogens is 1. The molecule has 0 unspecified atom stereocenters. The van der Waals surface area contributed by atoms with Gasteiger partial charge < -0.3 is 10.3 Å². The maximum Gasteiger partial charge on any atom is 0.256 e. The van der Waals surface area contributed by atoms with Gasteiger partial charge in [-0.15, -0.1) is 0 Å². The van der Waals surface area contributed by atoms with Gasteiger partial charge in [0.15, 0.2) is 9.84 Å². The van der Waals surface area contributed by atoms with Crippen LogP contribution in [0.5, 0.6) is 0 Å². The first-order chi connectivity index (χ1) is 13.3. The van der Waals surface area contributed by atoms with Crippen LogP contribution in [0.1, 0.15) is 17.0 Å². The van der Waals surface area contributed by atoms with Gasteiger partial charge >= 0.3 is 0 Å². The first kappa shape index (κ1) is 18.7. The molecule has 4 rings (SSSR count). The Labute approximate surface area is 171 Å². The highest BCUT2D eigenvalue weighted by Crippen LogP contribution is 2.39. The van der Waals surface area contributed by atoms with Crippen molar-refractivity contribution in [3.63, 3.8) is 0 Å². The van der Waals surface area contributed by atoms with Crippen molar-refractivity contribution in [2.24, 2.45) is 0 Å². The Kier molecular flexibility index (Phi) is 4.51. The lowest BCUT2D eigenvalue weighted by Crippen LogP contribution is -2.03. The lowest BCUT2D eigenvalue weighted by molar-refractivity contribution is -0.110. The first-order valence-electron chi connectivity index (χ1n) is 8.56. The number of halogens is 1. The Morgan fingerprint density at radius 2 is 1.79 bits per heavy atom. The van der Waals surface area contributed by atoms with E-state index in [9.17, 15) is 13.2 Å². The van der Waals surface area contributed by atoms with Crippen LogP contribution in [0.15, 0.2) is 57.9 Å². The summed E-state index contributed by atoms with van der Waals surface area (Å²) in [4.78, 5) is 16.0. The molecule has 2 aromatic carbocycles. The normalized spacial score (nSPS) is 15.0. The van der Waals surface area contributed by atoms with Gasteiger partial charge in [-0.3, -0.25) is 4.79 Å². The molecule has 1 aliphatic heterocycles. The number of benzene rings is 2. The van der Waals surface area contributed by atoms with Crippen molar-refractivity contribution in [1.82, 2.24) is 4.98 Å². The van der Waals surface area contributed by atoms with E-state index < -0.39 is 9.84 Å². The number of H-pyrrole nitrogens is 1. The fourth-order valence-electron chi connectivity index (χ4n) is 3.54. The second-order valence-corrected chi connectivity index (χ2v) is 9.58. The Morgan fingerprint density at radius 1 is 1.07 bits per heavy atom. The summed E-state index contributed by atoms with van der Waals surface area (Å²) in [5.74, 6) is -0.222. The van der Waals surface area contributed by atoms with E-state index in [1.54, 1.807) is 13.0 Å². The monoisotopic (exact) mass is 456 g/mol. The smallest absolute Gasteiger partial charge is 0.256 e. The van der Waals surface area contributed by atoms with Crippen LogP contribution in [0.2, 0.25) is 0 Å². The van der Waals surface area contributed by atoms with Gasteiger partial charge in [-0.05, 0) is 36.8 Å². The predicted octanol–water partition coefficient (Wildman–Crippen LogP) is 4.65. The molecule has 0 saturated carbocycles. The van der Waals surface area contributed by atoms with E-state index in [0.717, 1.165) is 21.3 Å². The van der Waals surface area contributed by atoms with Crippen LogP contribution in [-0.2, 0) is 14.6 Å². The SMILES string of the molecule is Cc1[nH]c(/C=C2\C(=O)Nc3ccc(Br)cc32)c(-c2ccccc2)c1S(C)(=O)=O. The largest absolute Gasteiger partial charge is 0.357 e. The van der Waals surface area contributed by atoms with Crippen molar-refractivity contribution in [2.75, 3.05) is 11.6 Å². The van der Waals surface area contributed by atoms with E-state index >= 15 is 0 Å². The van der Waals surface area contributed by atoms with Gasteiger partial charge in [0.2, 0.25) is 0 Å². The van der Waals surface area contributed by atoms with E-state index in [0.29, 0.717) is 22.5 Å². The average molecular weight is 457 g/mol. The minimum Gasteiger partial charge on any atom is -0.357 e. The molecule has 0 spiro atoms. The van der Waals surface area contributed by atoms with Gasteiger partial charge in [0, 0.05) is 38.9 Å². The number of nitrogens with one attached hydrogen (secondary N) is 2. The molecule has 0 radical (unpaired) electrons. The number of rotatable bonds is 3. The molecular formula is C21H17BrN2O3S. The summed E-state index contributed by atoms with van der Waals surface area (Å²) in [5.41, 5.74) is 4.45. The number of hydrogen-bond donors (Lipinski definition) is 2. The van der Waals surface area contributed by atoms with Crippen LogP contribution >= 0.6 is 15.9 Å².